The number of unbranched alkanes of at least 4 members (excludes halogenated alkanes) is 22. The molecule has 1 aromatic rings. The summed E-state index contributed by atoms with van der Waals surface area (Å²) >= 11 is 0. The number of hydrazine groups is 1. The number of nitrogens with one attached hydrogen (secondary N) is 5. The average Bonchev–Trinajstić information content (AvgIpc) is 3.38. The molecule has 1 rings (SSSR count). The summed E-state index contributed by atoms with van der Waals surface area (Å²) in [7, 11) is 0. The molecule has 0 heterocycles. The Morgan fingerprint density at radius 1 is 0.613 bits per heavy atom. The van der Waals surface area contributed by atoms with E-state index in [2.05, 4.69) is 40.5 Å². The Morgan fingerprint density at radius 3 is 1.64 bits per heavy atom. The van der Waals surface area contributed by atoms with Crippen molar-refractivity contribution in [1.82, 2.24) is 31.7 Å². The number of hydrogen-bond donors (Lipinski definition) is 7. The molecule has 0 spiro atoms. The predicted octanol–water partition coefficient (Wildman–Crippen LogP) is 7.38. The summed E-state index contributed by atoms with van der Waals surface area (Å²) in [5, 5.41) is 10.5. The summed E-state index contributed by atoms with van der Waals surface area (Å²) in [5.41, 5.74) is 13.7. The van der Waals surface area contributed by atoms with E-state index in [4.69, 9.17) is 25.7 Å². The van der Waals surface area contributed by atoms with Gasteiger partial charge in [-0.25, -0.2) is 9.80 Å². The van der Waals surface area contributed by atoms with Gasteiger partial charge in [0.1, 0.15) is 31.3 Å². The number of hydrogen-bond acceptors (Lipinski definition) is 11. The highest BCUT2D eigenvalue weighted by Gasteiger charge is 2.25. The Kier molecular flexibility index (Phi) is 40.2. The van der Waals surface area contributed by atoms with Gasteiger partial charge in [-0.15, -0.1) is 0 Å². The smallest absolute Gasteiger partial charge is 0.408 e. The number of rotatable bonds is 46. The number of nitrogens with zero attached hydrogens (tertiary/aromatic N) is 1. The van der Waals surface area contributed by atoms with E-state index in [-0.39, 0.29) is 32.1 Å². The number of ether oxygens (including phenoxy) is 3. The molecule has 0 aliphatic heterocycles. The first-order valence-electron chi connectivity index (χ1n) is 28.1. The molecule has 0 saturated heterocycles. The molecular weight excluding hydrogens is 961 g/mol. The van der Waals surface area contributed by atoms with Crippen molar-refractivity contribution < 1.29 is 52.6 Å². The van der Waals surface area contributed by atoms with Crippen LogP contribution in [0.2, 0.25) is 0 Å². The minimum atomic E-state index is -1.28. The maximum Gasteiger partial charge on any atom is 0.408 e. The fourth-order valence-corrected chi connectivity index (χ4v) is 7.92. The molecule has 8 amide bonds. The number of benzene rings is 1. The van der Waals surface area contributed by atoms with E-state index in [0.717, 1.165) is 49.8 Å². The zero-order valence-corrected chi connectivity index (χ0v) is 46.1. The second-order valence-electron chi connectivity index (χ2n) is 19.5. The number of carbonyl (C=O) groups is 8. The molecule has 9 N–H and O–H groups in total. The van der Waals surface area contributed by atoms with Crippen LogP contribution in [0.25, 0.3) is 0 Å². The molecule has 0 bridgehead atoms. The van der Waals surface area contributed by atoms with Crippen molar-refractivity contribution in [3.05, 3.63) is 48.0 Å². The second-order valence-corrected chi connectivity index (χ2v) is 19.5. The number of carbonyl (C=O) groups excluding carboxylic acids is 8. The second kappa shape index (κ2) is 44.7. The summed E-state index contributed by atoms with van der Waals surface area (Å²) in [6, 6.07) is 5.19. The van der Waals surface area contributed by atoms with Gasteiger partial charge in [-0.3, -0.25) is 39.0 Å². The minimum Gasteiger partial charge on any atom is -0.445 e. The zero-order chi connectivity index (χ0) is 55.3. The van der Waals surface area contributed by atoms with Crippen LogP contribution >= 0.6 is 0 Å². The first-order chi connectivity index (χ1) is 36.2. The third-order valence-electron chi connectivity index (χ3n) is 12.5. The predicted molar refractivity (Wildman–Crippen MR) is 291 cm³/mol. The topological polar surface area (TPSA) is 280 Å². The third-order valence-corrected chi connectivity index (χ3v) is 12.5. The van der Waals surface area contributed by atoms with Gasteiger partial charge >= 0.3 is 6.09 Å². The van der Waals surface area contributed by atoms with Crippen LogP contribution in [0, 0.1) is 0 Å². The lowest BCUT2D eigenvalue weighted by Gasteiger charge is -2.24. The van der Waals surface area contributed by atoms with Crippen molar-refractivity contribution in [3.63, 3.8) is 0 Å². The number of alkyl carbamates (subject to hydrolysis) is 1. The van der Waals surface area contributed by atoms with Crippen molar-refractivity contribution in [2.75, 3.05) is 32.9 Å². The van der Waals surface area contributed by atoms with E-state index in [1.807, 2.05) is 6.07 Å². The quantitative estimate of drug-likeness (QED) is 0.0192. The van der Waals surface area contributed by atoms with Crippen LogP contribution < -0.4 is 38.2 Å². The van der Waals surface area contributed by atoms with Crippen LogP contribution in [0.15, 0.2) is 42.5 Å². The van der Waals surface area contributed by atoms with E-state index in [0.29, 0.717) is 24.8 Å². The van der Waals surface area contributed by atoms with E-state index >= 15 is 0 Å². The number of amides is 8. The Balaban J connectivity index is 2.64. The number of primary amides is 2. The molecule has 0 aromatic heterocycles. The van der Waals surface area contributed by atoms with Crippen LogP contribution in [0.5, 0.6) is 0 Å². The zero-order valence-electron chi connectivity index (χ0n) is 46.1. The standard InChI is InChI=1S/C56H96N8O11/c1-5-7-9-11-13-15-17-19-21-23-25-30-38-73-43-47(74-39-31-26-24-22-20-18-16-14-12-10-8-6-2)40-59-50(66)35-34-48(53(58)69)62-51(67)36-37-52(68)64(41-49(57)65)63-55(71)45(4)60-54(70)44(3)61-56(72)75-42-46-32-28-27-29-33-46/h27-29,32-33,36-37,44-45,47-48H,5-26,30-31,34-35,38-43H2,1-4H3,(H2,57,65)(H2,58,69)(H,59,66)(H,60,70)(H,61,72)(H,62,67)(H,63,71). The fraction of sp³-hybridized carbons (Fsp3) is 0.714. The van der Waals surface area contributed by atoms with Crippen molar-refractivity contribution in [1.29, 1.82) is 0 Å². The summed E-state index contributed by atoms with van der Waals surface area (Å²) in [4.78, 5) is 101. The van der Waals surface area contributed by atoms with Gasteiger partial charge in [-0.2, -0.15) is 0 Å². The van der Waals surface area contributed by atoms with Crippen molar-refractivity contribution in [3.8, 4) is 0 Å². The number of nitrogens with two attached hydrogens (primary N) is 2. The third kappa shape index (κ3) is 37.8. The van der Waals surface area contributed by atoms with Gasteiger partial charge in [-0.1, -0.05) is 185 Å². The monoisotopic (exact) mass is 1060 g/mol. The maximum absolute atomic E-state index is 13.0. The first-order valence-corrected chi connectivity index (χ1v) is 28.1. The highest BCUT2D eigenvalue weighted by molar-refractivity contribution is 6.00. The van der Waals surface area contributed by atoms with E-state index in [1.54, 1.807) is 24.3 Å². The van der Waals surface area contributed by atoms with Gasteiger partial charge in [0, 0.05) is 38.3 Å². The molecule has 426 valence electrons. The Labute approximate surface area is 448 Å². The lowest BCUT2D eigenvalue weighted by atomic mass is 10.1. The van der Waals surface area contributed by atoms with Crippen LogP contribution in [0.1, 0.15) is 200 Å². The highest BCUT2D eigenvalue weighted by atomic mass is 16.5. The molecule has 19 heteroatoms. The van der Waals surface area contributed by atoms with Crippen LogP contribution in [-0.2, 0) is 54.4 Å². The van der Waals surface area contributed by atoms with Crippen LogP contribution in [-0.4, -0.2) is 110 Å². The van der Waals surface area contributed by atoms with Gasteiger partial charge in [0.15, 0.2) is 0 Å². The van der Waals surface area contributed by atoms with E-state index in [9.17, 15) is 38.4 Å². The molecule has 4 unspecified atom stereocenters. The van der Waals surface area contributed by atoms with Gasteiger partial charge in [0.25, 0.3) is 11.8 Å². The van der Waals surface area contributed by atoms with Crippen molar-refractivity contribution in [2.45, 2.75) is 225 Å². The van der Waals surface area contributed by atoms with Gasteiger partial charge in [-0.05, 0) is 38.7 Å². The van der Waals surface area contributed by atoms with Gasteiger partial charge in [0.2, 0.25) is 29.5 Å². The minimum absolute atomic E-state index is 0.0307. The Bertz CT molecular complexity index is 1790. The summed E-state index contributed by atoms with van der Waals surface area (Å²) < 4.78 is 17.3. The summed E-state index contributed by atoms with van der Waals surface area (Å²) in [5.74, 6) is -6.02. The molecule has 1 aromatic carbocycles. The van der Waals surface area contributed by atoms with E-state index < -0.39 is 72.1 Å². The van der Waals surface area contributed by atoms with Crippen LogP contribution in [0.4, 0.5) is 4.79 Å². The van der Waals surface area contributed by atoms with Crippen molar-refractivity contribution >= 4 is 47.4 Å². The molecule has 75 heavy (non-hydrogen) atoms. The maximum atomic E-state index is 13.0. The Hall–Kier alpha value is -5.56. The molecule has 4 atom stereocenters. The fourth-order valence-electron chi connectivity index (χ4n) is 7.92. The summed E-state index contributed by atoms with van der Waals surface area (Å²) in [6.07, 6.45) is 29.8. The first kappa shape index (κ1) is 67.5. The summed E-state index contributed by atoms with van der Waals surface area (Å²) in [6.45, 7) is 7.97. The average molecular weight is 1060 g/mol. The molecule has 0 aliphatic rings. The molecular formula is C56H96N8O11. The van der Waals surface area contributed by atoms with E-state index in [1.165, 1.54) is 136 Å². The molecule has 0 radical (unpaired) electrons. The largest absolute Gasteiger partial charge is 0.445 e. The molecule has 0 saturated carbocycles. The normalized spacial score (nSPS) is 12.7. The Morgan fingerprint density at radius 2 is 1.12 bits per heavy atom. The lowest BCUT2D eigenvalue weighted by molar-refractivity contribution is -0.142. The molecule has 19 nitrogen and oxygen atoms in total. The molecule has 0 fully saturated rings. The van der Waals surface area contributed by atoms with Crippen molar-refractivity contribution in [2.24, 2.45) is 11.5 Å². The van der Waals surface area contributed by atoms with Gasteiger partial charge < -0.3 is 46.9 Å². The highest BCUT2D eigenvalue weighted by Crippen LogP contribution is 2.14. The van der Waals surface area contributed by atoms with Gasteiger partial charge in [0.05, 0.1) is 12.7 Å². The molecule has 0 aliphatic carbocycles. The SMILES string of the molecule is CCCCCCCCCCCCCCOCC(CNC(=O)CCC(NC(=O)C=CC(=O)N(CC(N)=O)NC(=O)C(C)NC(=O)C(C)NC(=O)OCc1ccccc1)C(N)=O)OCCCCCCCCCCCCCC. The van der Waals surface area contributed by atoms with Crippen LogP contribution in [0.3, 0.4) is 0 Å². The lowest BCUT2D eigenvalue weighted by Crippen LogP contribution is -2.56.